The van der Waals surface area contributed by atoms with Crippen molar-refractivity contribution >= 4 is 11.6 Å². The zero-order valence-corrected chi connectivity index (χ0v) is 13.4. The Bertz CT molecular complexity index is 438. The van der Waals surface area contributed by atoms with E-state index in [1.807, 2.05) is 18.2 Å². The van der Waals surface area contributed by atoms with Gasteiger partial charge in [0.2, 0.25) is 0 Å². The summed E-state index contributed by atoms with van der Waals surface area (Å²) in [5, 5.41) is 4.42. The molecule has 3 nitrogen and oxygen atoms in total. The Hall–Kier alpha value is -0.770. The summed E-state index contributed by atoms with van der Waals surface area (Å²) in [7, 11) is 1.70. The third kappa shape index (κ3) is 3.66. The summed E-state index contributed by atoms with van der Waals surface area (Å²) in [4.78, 5) is 2.50. The molecule has 1 aliphatic rings. The second kappa shape index (κ2) is 7.30. The highest BCUT2D eigenvalue weighted by Crippen LogP contribution is 2.28. The van der Waals surface area contributed by atoms with Crippen LogP contribution in [0.5, 0.6) is 5.75 Å². The SMILES string of the molecule is CCCC1CN(Cc2c(Cl)cccc2OC)C(C)CN1. The molecular weight excluding hydrogens is 272 g/mol. The molecule has 112 valence electrons. The van der Waals surface area contributed by atoms with E-state index in [0.29, 0.717) is 12.1 Å². The highest BCUT2D eigenvalue weighted by Gasteiger charge is 2.25. The van der Waals surface area contributed by atoms with Gasteiger partial charge in [0.15, 0.2) is 0 Å². The van der Waals surface area contributed by atoms with Crippen LogP contribution in [0.2, 0.25) is 5.02 Å². The number of hydrogen-bond acceptors (Lipinski definition) is 3. The van der Waals surface area contributed by atoms with Crippen molar-refractivity contribution in [2.24, 2.45) is 0 Å². The highest BCUT2D eigenvalue weighted by atomic mass is 35.5. The fourth-order valence-corrected chi connectivity index (χ4v) is 3.07. The maximum atomic E-state index is 6.35. The van der Waals surface area contributed by atoms with Crippen LogP contribution in [0.3, 0.4) is 0 Å². The van der Waals surface area contributed by atoms with Crippen LogP contribution < -0.4 is 10.1 Å². The van der Waals surface area contributed by atoms with E-state index in [9.17, 15) is 0 Å². The third-order valence-corrected chi connectivity index (χ3v) is 4.43. The molecule has 0 bridgehead atoms. The topological polar surface area (TPSA) is 24.5 Å². The molecule has 1 saturated heterocycles. The van der Waals surface area contributed by atoms with Crippen LogP contribution in [0.15, 0.2) is 18.2 Å². The second-order valence-corrected chi connectivity index (χ2v) is 6.00. The van der Waals surface area contributed by atoms with Crippen LogP contribution in [0, 0.1) is 0 Å². The molecule has 2 unspecified atom stereocenters. The first-order valence-electron chi connectivity index (χ1n) is 7.44. The average Bonchev–Trinajstić information content (AvgIpc) is 2.44. The molecule has 1 aromatic carbocycles. The van der Waals surface area contributed by atoms with E-state index in [1.54, 1.807) is 7.11 Å². The summed E-state index contributed by atoms with van der Waals surface area (Å²) >= 11 is 6.35. The van der Waals surface area contributed by atoms with E-state index >= 15 is 0 Å². The maximum Gasteiger partial charge on any atom is 0.124 e. The molecule has 2 atom stereocenters. The first kappa shape index (κ1) is 15.6. The number of halogens is 1. The number of methoxy groups -OCH3 is 1. The minimum absolute atomic E-state index is 0.518. The van der Waals surface area contributed by atoms with E-state index in [0.717, 1.165) is 36.0 Å². The van der Waals surface area contributed by atoms with Gasteiger partial charge >= 0.3 is 0 Å². The molecule has 1 aliphatic heterocycles. The summed E-state index contributed by atoms with van der Waals surface area (Å²) in [5.74, 6) is 0.885. The van der Waals surface area contributed by atoms with Crippen LogP contribution >= 0.6 is 11.6 Å². The summed E-state index contributed by atoms with van der Waals surface area (Å²) in [6, 6.07) is 6.97. The molecule has 0 aromatic heterocycles. The first-order valence-corrected chi connectivity index (χ1v) is 7.82. The normalized spacial score (nSPS) is 23.8. The molecule has 0 spiro atoms. The van der Waals surface area contributed by atoms with E-state index in [2.05, 4.69) is 24.1 Å². The lowest BCUT2D eigenvalue weighted by Crippen LogP contribution is -2.54. The fourth-order valence-electron chi connectivity index (χ4n) is 2.84. The second-order valence-electron chi connectivity index (χ2n) is 5.59. The number of ether oxygens (including phenoxy) is 1. The molecule has 0 aliphatic carbocycles. The summed E-state index contributed by atoms with van der Waals surface area (Å²) in [6.07, 6.45) is 2.44. The zero-order valence-electron chi connectivity index (χ0n) is 12.7. The Balaban J connectivity index is 2.11. The lowest BCUT2D eigenvalue weighted by atomic mass is 10.0. The molecule has 1 aromatic rings. The van der Waals surface area contributed by atoms with Gasteiger partial charge < -0.3 is 10.1 Å². The predicted octanol–water partition coefficient (Wildman–Crippen LogP) is 3.31. The Kier molecular flexibility index (Phi) is 5.70. The van der Waals surface area contributed by atoms with Crippen LogP contribution in [-0.4, -0.2) is 37.2 Å². The predicted molar refractivity (Wildman–Crippen MR) is 84.6 cm³/mol. The quantitative estimate of drug-likeness (QED) is 0.902. The molecule has 1 N–H and O–H groups in total. The Morgan fingerprint density at radius 1 is 1.45 bits per heavy atom. The van der Waals surface area contributed by atoms with Gasteiger partial charge in [0.05, 0.1) is 7.11 Å². The van der Waals surface area contributed by atoms with Crippen molar-refractivity contribution in [1.29, 1.82) is 0 Å². The Morgan fingerprint density at radius 3 is 2.95 bits per heavy atom. The van der Waals surface area contributed by atoms with E-state index in [1.165, 1.54) is 12.8 Å². The van der Waals surface area contributed by atoms with Crippen LogP contribution in [-0.2, 0) is 6.54 Å². The molecule has 0 radical (unpaired) electrons. The molecule has 4 heteroatoms. The molecular formula is C16H25ClN2O. The van der Waals surface area contributed by atoms with Gasteiger partial charge in [-0.15, -0.1) is 0 Å². The van der Waals surface area contributed by atoms with Crippen LogP contribution in [0.1, 0.15) is 32.3 Å². The van der Waals surface area contributed by atoms with Crippen molar-refractivity contribution in [2.45, 2.75) is 45.3 Å². The summed E-state index contributed by atoms with van der Waals surface area (Å²) in [6.45, 7) is 7.46. The van der Waals surface area contributed by atoms with Gasteiger partial charge in [-0.25, -0.2) is 0 Å². The van der Waals surface area contributed by atoms with E-state index < -0.39 is 0 Å². The Labute approximate surface area is 127 Å². The van der Waals surface area contributed by atoms with Gasteiger partial charge in [0, 0.05) is 42.3 Å². The van der Waals surface area contributed by atoms with Gasteiger partial charge in [0.1, 0.15) is 5.75 Å². The number of piperazine rings is 1. The molecule has 2 rings (SSSR count). The number of benzene rings is 1. The van der Waals surface area contributed by atoms with Crippen LogP contribution in [0.4, 0.5) is 0 Å². The highest BCUT2D eigenvalue weighted by molar-refractivity contribution is 6.31. The van der Waals surface area contributed by atoms with Crippen molar-refractivity contribution in [1.82, 2.24) is 10.2 Å². The van der Waals surface area contributed by atoms with Crippen molar-refractivity contribution < 1.29 is 4.74 Å². The summed E-state index contributed by atoms with van der Waals surface area (Å²) < 4.78 is 5.45. The molecule has 1 fully saturated rings. The van der Waals surface area contributed by atoms with Gasteiger partial charge in [-0.05, 0) is 25.5 Å². The van der Waals surface area contributed by atoms with Crippen molar-refractivity contribution in [3.63, 3.8) is 0 Å². The van der Waals surface area contributed by atoms with Gasteiger partial charge in [0.25, 0.3) is 0 Å². The molecule has 0 saturated carbocycles. The van der Waals surface area contributed by atoms with E-state index in [4.69, 9.17) is 16.3 Å². The monoisotopic (exact) mass is 296 g/mol. The number of nitrogens with zero attached hydrogens (tertiary/aromatic N) is 1. The lowest BCUT2D eigenvalue weighted by Gasteiger charge is -2.39. The van der Waals surface area contributed by atoms with E-state index in [-0.39, 0.29) is 0 Å². The minimum Gasteiger partial charge on any atom is -0.496 e. The van der Waals surface area contributed by atoms with Gasteiger partial charge in [-0.1, -0.05) is 31.0 Å². The number of hydrogen-bond donors (Lipinski definition) is 1. The Morgan fingerprint density at radius 2 is 2.25 bits per heavy atom. The number of nitrogens with one attached hydrogen (secondary N) is 1. The standard InChI is InChI=1S/C16H25ClN2O/c1-4-6-13-10-19(12(2)9-18-13)11-14-15(17)7-5-8-16(14)20-3/h5,7-8,12-13,18H,4,6,9-11H2,1-3H3. The largest absolute Gasteiger partial charge is 0.496 e. The van der Waals surface area contributed by atoms with Gasteiger partial charge in [-0.2, -0.15) is 0 Å². The summed E-state index contributed by atoms with van der Waals surface area (Å²) in [5.41, 5.74) is 1.10. The van der Waals surface area contributed by atoms with Crippen molar-refractivity contribution in [3.05, 3.63) is 28.8 Å². The smallest absolute Gasteiger partial charge is 0.124 e. The first-order chi connectivity index (χ1) is 9.65. The molecule has 20 heavy (non-hydrogen) atoms. The fraction of sp³-hybridized carbons (Fsp3) is 0.625. The molecule has 0 amide bonds. The number of rotatable bonds is 5. The van der Waals surface area contributed by atoms with Gasteiger partial charge in [-0.3, -0.25) is 4.90 Å². The van der Waals surface area contributed by atoms with Crippen molar-refractivity contribution in [3.8, 4) is 5.75 Å². The third-order valence-electron chi connectivity index (χ3n) is 4.07. The van der Waals surface area contributed by atoms with Crippen LogP contribution in [0.25, 0.3) is 0 Å². The average molecular weight is 297 g/mol. The maximum absolute atomic E-state index is 6.35. The zero-order chi connectivity index (χ0) is 14.5. The lowest BCUT2D eigenvalue weighted by molar-refractivity contribution is 0.128. The van der Waals surface area contributed by atoms with Crippen molar-refractivity contribution in [2.75, 3.05) is 20.2 Å². The minimum atomic E-state index is 0.518. The molecule has 1 heterocycles.